The van der Waals surface area contributed by atoms with Gasteiger partial charge in [0.15, 0.2) is 9.47 Å². The summed E-state index contributed by atoms with van der Waals surface area (Å²) >= 11 is 3.40. The van der Waals surface area contributed by atoms with Crippen LogP contribution in [0.4, 0.5) is 19.0 Å². The van der Waals surface area contributed by atoms with Gasteiger partial charge in [-0.15, -0.1) is 21.5 Å². The Bertz CT molecular complexity index is 912. The van der Waals surface area contributed by atoms with E-state index in [0.29, 0.717) is 9.47 Å². The summed E-state index contributed by atoms with van der Waals surface area (Å²) in [6.45, 7) is 0. The van der Waals surface area contributed by atoms with Crippen LogP contribution < -0.4 is 10.6 Å². The summed E-state index contributed by atoms with van der Waals surface area (Å²) in [6, 6.07) is 3.14. The lowest BCUT2D eigenvalue weighted by molar-refractivity contribution is -0.113. The van der Waals surface area contributed by atoms with Crippen LogP contribution in [0.25, 0.3) is 0 Å². The molecule has 26 heavy (non-hydrogen) atoms. The molecule has 12 heteroatoms. The minimum absolute atomic E-state index is 0.0699. The summed E-state index contributed by atoms with van der Waals surface area (Å²) in [5.74, 6) is -3.10. The molecule has 0 aliphatic heterocycles. The molecular weight excluding hydrogens is 404 g/mol. The fourth-order valence-corrected chi connectivity index (χ4v) is 3.85. The molecule has 2 N–H and O–H groups in total. The highest BCUT2D eigenvalue weighted by Gasteiger charge is 2.19. The van der Waals surface area contributed by atoms with Crippen LogP contribution in [0.1, 0.15) is 10.4 Å². The summed E-state index contributed by atoms with van der Waals surface area (Å²) in [5, 5.41) is 14.7. The first-order valence-corrected chi connectivity index (χ1v) is 9.62. The standard InChI is InChI=1S/C14H9F2N5O2S3/c15-7-2-1-3-8(16)10(7)11(23)19-13-20-21-14(26-13)25-6-9(22)18-12-17-4-5-24-12/h1-5H,6H2,(H,17,18,22)(H,19,20,23). The Kier molecular flexibility index (Phi) is 5.85. The zero-order valence-electron chi connectivity index (χ0n) is 12.7. The van der Waals surface area contributed by atoms with Gasteiger partial charge in [-0.25, -0.2) is 13.8 Å². The Hall–Kier alpha value is -2.44. The topological polar surface area (TPSA) is 96.9 Å². The maximum atomic E-state index is 13.6. The number of carbonyl (C=O) groups is 2. The van der Waals surface area contributed by atoms with Crippen molar-refractivity contribution in [3.63, 3.8) is 0 Å². The number of thiazole rings is 1. The molecule has 1 aromatic carbocycles. The van der Waals surface area contributed by atoms with Gasteiger partial charge in [-0.05, 0) is 12.1 Å². The predicted octanol–water partition coefficient (Wildman–Crippen LogP) is 3.26. The quantitative estimate of drug-likeness (QED) is 0.476. The summed E-state index contributed by atoms with van der Waals surface area (Å²) < 4.78 is 27.6. The van der Waals surface area contributed by atoms with Crippen LogP contribution in [0.3, 0.4) is 0 Å². The van der Waals surface area contributed by atoms with Gasteiger partial charge in [0.2, 0.25) is 11.0 Å². The average molecular weight is 413 g/mol. The molecule has 0 aliphatic carbocycles. The summed E-state index contributed by atoms with van der Waals surface area (Å²) in [5.41, 5.74) is -0.695. The fraction of sp³-hybridized carbons (Fsp3) is 0.0714. The van der Waals surface area contributed by atoms with Crippen LogP contribution in [-0.2, 0) is 4.79 Å². The lowest BCUT2D eigenvalue weighted by Gasteiger charge is -2.03. The van der Waals surface area contributed by atoms with Gasteiger partial charge in [0.05, 0.1) is 5.75 Å². The van der Waals surface area contributed by atoms with Gasteiger partial charge in [0, 0.05) is 11.6 Å². The zero-order valence-corrected chi connectivity index (χ0v) is 15.2. The molecule has 3 rings (SSSR count). The van der Waals surface area contributed by atoms with Crippen molar-refractivity contribution in [2.24, 2.45) is 0 Å². The molecule has 0 atom stereocenters. The monoisotopic (exact) mass is 413 g/mol. The Morgan fingerprint density at radius 2 is 1.88 bits per heavy atom. The number of carbonyl (C=O) groups excluding carboxylic acids is 2. The second-order valence-corrected chi connectivity index (χ2v) is 7.69. The Morgan fingerprint density at radius 1 is 1.12 bits per heavy atom. The van der Waals surface area contributed by atoms with Crippen molar-refractivity contribution in [1.29, 1.82) is 0 Å². The van der Waals surface area contributed by atoms with Crippen LogP contribution in [0.2, 0.25) is 0 Å². The molecule has 134 valence electrons. The lowest BCUT2D eigenvalue weighted by Crippen LogP contribution is -2.15. The average Bonchev–Trinajstić information content (AvgIpc) is 3.25. The van der Waals surface area contributed by atoms with Gasteiger partial charge in [-0.3, -0.25) is 14.9 Å². The van der Waals surface area contributed by atoms with Crippen molar-refractivity contribution >= 4 is 56.5 Å². The summed E-state index contributed by atoms with van der Waals surface area (Å²) in [4.78, 5) is 27.7. The van der Waals surface area contributed by atoms with E-state index >= 15 is 0 Å². The van der Waals surface area contributed by atoms with Crippen molar-refractivity contribution in [3.8, 4) is 0 Å². The third-order valence-corrected chi connectivity index (χ3v) is 5.48. The molecule has 2 heterocycles. The second-order valence-electron chi connectivity index (χ2n) is 4.60. The van der Waals surface area contributed by atoms with E-state index in [-0.39, 0.29) is 16.8 Å². The highest BCUT2D eigenvalue weighted by atomic mass is 32.2. The number of rotatable bonds is 6. The number of hydrogen-bond acceptors (Lipinski definition) is 8. The third kappa shape index (κ3) is 4.59. The maximum absolute atomic E-state index is 13.6. The molecule has 7 nitrogen and oxygen atoms in total. The highest BCUT2D eigenvalue weighted by Crippen LogP contribution is 2.26. The smallest absolute Gasteiger partial charge is 0.263 e. The van der Waals surface area contributed by atoms with Crippen molar-refractivity contribution < 1.29 is 18.4 Å². The van der Waals surface area contributed by atoms with E-state index in [1.54, 1.807) is 11.6 Å². The van der Waals surface area contributed by atoms with Crippen LogP contribution in [0.15, 0.2) is 34.1 Å². The van der Waals surface area contributed by atoms with E-state index in [9.17, 15) is 18.4 Å². The SMILES string of the molecule is O=C(CSc1nnc(NC(=O)c2c(F)cccc2F)s1)Nc1nccs1. The number of amides is 2. The number of anilines is 2. The first-order chi connectivity index (χ1) is 12.5. The first kappa shape index (κ1) is 18.4. The largest absolute Gasteiger partial charge is 0.301 e. The lowest BCUT2D eigenvalue weighted by atomic mass is 10.2. The first-order valence-electron chi connectivity index (χ1n) is 6.94. The van der Waals surface area contributed by atoms with Gasteiger partial charge in [-0.1, -0.05) is 29.2 Å². The number of nitrogens with one attached hydrogen (secondary N) is 2. The fourth-order valence-electron chi connectivity index (χ4n) is 1.76. The normalized spacial score (nSPS) is 10.5. The highest BCUT2D eigenvalue weighted by molar-refractivity contribution is 8.01. The molecule has 0 unspecified atom stereocenters. The second kappa shape index (κ2) is 8.29. The van der Waals surface area contributed by atoms with E-state index in [0.717, 1.165) is 41.3 Å². The number of halogens is 2. The Labute approximate surface area is 157 Å². The van der Waals surface area contributed by atoms with E-state index in [4.69, 9.17) is 0 Å². The summed E-state index contributed by atoms with van der Waals surface area (Å²) in [7, 11) is 0. The van der Waals surface area contributed by atoms with Gasteiger partial charge >= 0.3 is 0 Å². The number of benzene rings is 1. The molecular formula is C14H9F2N5O2S3. The Morgan fingerprint density at radius 3 is 2.58 bits per heavy atom. The predicted molar refractivity (Wildman–Crippen MR) is 95.7 cm³/mol. The molecule has 0 fully saturated rings. The molecule has 0 saturated carbocycles. The molecule has 0 aliphatic rings. The Balaban J connectivity index is 1.56. The molecule has 3 aromatic rings. The van der Waals surface area contributed by atoms with Crippen LogP contribution in [0.5, 0.6) is 0 Å². The van der Waals surface area contributed by atoms with E-state index in [2.05, 4.69) is 25.8 Å². The van der Waals surface area contributed by atoms with E-state index in [1.807, 2.05) is 0 Å². The number of nitrogens with zero attached hydrogens (tertiary/aromatic N) is 3. The van der Waals surface area contributed by atoms with Crippen LogP contribution >= 0.6 is 34.4 Å². The molecule has 2 amide bonds. The maximum Gasteiger partial charge on any atom is 0.263 e. The zero-order chi connectivity index (χ0) is 18.5. The third-order valence-electron chi connectivity index (χ3n) is 2.82. The molecule has 0 radical (unpaired) electrons. The minimum Gasteiger partial charge on any atom is -0.301 e. The molecule has 2 aromatic heterocycles. The van der Waals surface area contributed by atoms with Crippen molar-refractivity contribution in [3.05, 3.63) is 47.0 Å². The van der Waals surface area contributed by atoms with Gasteiger partial charge in [0.1, 0.15) is 17.2 Å². The van der Waals surface area contributed by atoms with Gasteiger partial charge < -0.3 is 5.32 Å². The van der Waals surface area contributed by atoms with Crippen molar-refractivity contribution in [2.45, 2.75) is 4.34 Å². The van der Waals surface area contributed by atoms with Crippen LogP contribution in [-0.4, -0.2) is 32.7 Å². The molecule has 0 bridgehead atoms. The van der Waals surface area contributed by atoms with Crippen LogP contribution in [0, 0.1) is 11.6 Å². The van der Waals surface area contributed by atoms with E-state index < -0.39 is 23.1 Å². The van der Waals surface area contributed by atoms with E-state index in [1.165, 1.54) is 11.3 Å². The van der Waals surface area contributed by atoms with Gasteiger partial charge in [-0.2, -0.15) is 0 Å². The minimum atomic E-state index is -0.972. The number of thioether (sulfide) groups is 1. The molecule has 0 saturated heterocycles. The molecule has 0 spiro atoms. The van der Waals surface area contributed by atoms with Crippen molar-refractivity contribution in [1.82, 2.24) is 15.2 Å². The van der Waals surface area contributed by atoms with Gasteiger partial charge in [0.25, 0.3) is 5.91 Å². The number of aromatic nitrogens is 3. The number of hydrogen-bond donors (Lipinski definition) is 2. The summed E-state index contributed by atoms with van der Waals surface area (Å²) in [6.07, 6.45) is 1.57. The van der Waals surface area contributed by atoms with Crippen molar-refractivity contribution in [2.75, 3.05) is 16.4 Å².